The molecule has 0 saturated carbocycles. The van der Waals surface area contributed by atoms with Gasteiger partial charge in [-0.1, -0.05) is 41.0 Å². The molecule has 0 aliphatic rings. The van der Waals surface area contributed by atoms with E-state index in [0.29, 0.717) is 16.1 Å². The molecular formula is C15H10ClF3NO2. The molecule has 0 saturated heterocycles. The van der Waals surface area contributed by atoms with Crippen molar-refractivity contribution in [2.24, 2.45) is 5.16 Å². The number of hydrogen-bond acceptors (Lipinski definition) is 3. The molecule has 22 heavy (non-hydrogen) atoms. The maximum Gasteiger partial charge on any atom is 0.573 e. The first-order valence-corrected chi connectivity index (χ1v) is 6.48. The van der Waals surface area contributed by atoms with Gasteiger partial charge in [0, 0.05) is 10.6 Å². The summed E-state index contributed by atoms with van der Waals surface area (Å²) in [5, 5.41) is 4.15. The molecule has 115 valence electrons. The number of nitrogens with zero attached hydrogens (tertiary/aromatic N) is 1. The van der Waals surface area contributed by atoms with Crippen LogP contribution in [0.2, 0.25) is 5.02 Å². The van der Waals surface area contributed by atoms with Gasteiger partial charge in [-0.25, -0.2) is 0 Å². The van der Waals surface area contributed by atoms with E-state index in [0.717, 1.165) is 0 Å². The van der Waals surface area contributed by atoms with Crippen molar-refractivity contribution in [3.63, 3.8) is 0 Å². The Morgan fingerprint density at radius 1 is 1.09 bits per heavy atom. The van der Waals surface area contributed by atoms with Crippen molar-refractivity contribution in [2.45, 2.75) is 13.0 Å². The van der Waals surface area contributed by atoms with Crippen LogP contribution in [0.25, 0.3) is 0 Å². The van der Waals surface area contributed by atoms with Crippen molar-refractivity contribution in [2.75, 3.05) is 0 Å². The van der Waals surface area contributed by atoms with Crippen LogP contribution in [0.5, 0.6) is 5.75 Å². The van der Waals surface area contributed by atoms with Crippen LogP contribution in [0.1, 0.15) is 11.1 Å². The molecule has 0 aliphatic carbocycles. The summed E-state index contributed by atoms with van der Waals surface area (Å²) in [6, 6.07) is 12.3. The highest BCUT2D eigenvalue weighted by molar-refractivity contribution is 6.30. The largest absolute Gasteiger partial charge is 0.573 e. The lowest BCUT2D eigenvalue weighted by atomic mass is 10.2. The lowest BCUT2D eigenvalue weighted by Crippen LogP contribution is -2.17. The van der Waals surface area contributed by atoms with Crippen LogP contribution in [0, 0.1) is 0 Å². The van der Waals surface area contributed by atoms with Gasteiger partial charge in [0.25, 0.3) is 0 Å². The van der Waals surface area contributed by atoms with E-state index in [2.05, 4.69) is 16.1 Å². The summed E-state index contributed by atoms with van der Waals surface area (Å²) in [7, 11) is 0. The quantitative estimate of drug-likeness (QED) is 0.590. The average Bonchev–Trinajstić information content (AvgIpc) is 2.42. The Bertz CT molecular complexity index is 659. The fraction of sp³-hybridized carbons (Fsp3) is 0.133. The summed E-state index contributed by atoms with van der Waals surface area (Å²) in [5.74, 6) is -0.309. The highest BCUT2D eigenvalue weighted by atomic mass is 35.5. The van der Waals surface area contributed by atoms with E-state index >= 15 is 0 Å². The predicted molar refractivity (Wildman–Crippen MR) is 75.9 cm³/mol. The Hall–Kier alpha value is -2.21. The average molecular weight is 329 g/mol. The number of halogens is 4. The second-order valence-electron chi connectivity index (χ2n) is 4.18. The molecule has 0 bridgehead atoms. The molecule has 0 aliphatic heterocycles. The SMILES string of the molecule is FC(F)(F)Oc1cccc(CO/N=[C]\c2cccc(Cl)c2)c1. The van der Waals surface area contributed by atoms with Crippen LogP contribution < -0.4 is 4.74 Å². The van der Waals surface area contributed by atoms with Gasteiger partial charge in [-0.05, 0) is 29.8 Å². The summed E-state index contributed by atoms with van der Waals surface area (Å²) in [6.07, 6.45) is -2.11. The lowest BCUT2D eigenvalue weighted by molar-refractivity contribution is -0.274. The van der Waals surface area contributed by atoms with Crippen LogP contribution in [0.4, 0.5) is 13.2 Å². The second kappa shape index (κ2) is 7.17. The molecule has 1 radical (unpaired) electrons. The van der Waals surface area contributed by atoms with E-state index in [-0.39, 0.29) is 12.4 Å². The summed E-state index contributed by atoms with van der Waals surface area (Å²) in [4.78, 5) is 4.98. The molecule has 0 spiro atoms. The number of ether oxygens (including phenoxy) is 1. The van der Waals surface area contributed by atoms with Gasteiger partial charge < -0.3 is 9.57 Å². The van der Waals surface area contributed by atoms with E-state index in [9.17, 15) is 13.2 Å². The highest BCUT2D eigenvalue weighted by Gasteiger charge is 2.31. The molecule has 2 aromatic carbocycles. The molecule has 3 nitrogen and oxygen atoms in total. The van der Waals surface area contributed by atoms with E-state index in [4.69, 9.17) is 16.4 Å². The molecule has 0 fully saturated rings. The number of benzene rings is 2. The Balaban J connectivity index is 1.90. The van der Waals surface area contributed by atoms with Gasteiger partial charge in [0.2, 0.25) is 0 Å². The smallest absolute Gasteiger partial charge is 0.406 e. The van der Waals surface area contributed by atoms with E-state index in [1.165, 1.54) is 18.2 Å². The molecular weight excluding hydrogens is 319 g/mol. The van der Waals surface area contributed by atoms with Crippen molar-refractivity contribution >= 4 is 17.8 Å². The molecule has 0 amide bonds. The predicted octanol–water partition coefficient (Wildman–Crippen LogP) is 4.67. The van der Waals surface area contributed by atoms with Crippen LogP contribution >= 0.6 is 11.6 Å². The summed E-state index contributed by atoms with van der Waals surface area (Å²) in [6.45, 7) is -0.0113. The van der Waals surface area contributed by atoms with Crippen molar-refractivity contribution in [1.29, 1.82) is 0 Å². The summed E-state index contributed by atoms with van der Waals surface area (Å²) in [5.41, 5.74) is 1.11. The van der Waals surface area contributed by atoms with Crippen LogP contribution in [0.3, 0.4) is 0 Å². The van der Waals surface area contributed by atoms with Crippen molar-refractivity contribution in [1.82, 2.24) is 0 Å². The maximum absolute atomic E-state index is 12.1. The zero-order valence-corrected chi connectivity index (χ0v) is 11.9. The minimum Gasteiger partial charge on any atom is -0.406 e. The highest BCUT2D eigenvalue weighted by Crippen LogP contribution is 2.23. The monoisotopic (exact) mass is 328 g/mol. The van der Waals surface area contributed by atoms with Crippen molar-refractivity contribution in [3.05, 3.63) is 64.7 Å². The minimum absolute atomic E-state index is 0.0113. The third kappa shape index (κ3) is 5.65. The van der Waals surface area contributed by atoms with Gasteiger partial charge >= 0.3 is 6.36 Å². The van der Waals surface area contributed by atoms with Gasteiger partial charge in [-0.2, -0.15) is 0 Å². The molecule has 2 rings (SSSR count). The standard InChI is InChI=1S/C15H10ClF3NO2/c16-13-5-1-3-11(7-13)9-20-21-10-12-4-2-6-14(8-12)22-15(17,18)19/h1-8H,10H2. The second-order valence-corrected chi connectivity index (χ2v) is 4.62. The fourth-order valence-electron chi connectivity index (χ4n) is 1.58. The lowest BCUT2D eigenvalue weighted by Gasteiger charge is -2.09. The Labute approximate surface area is 129 Å². The van der Waals surface area contributed by atoms with Crippen LogP contribution in [0.15, 0.2) is 53.7 Å². The molecule has 0 atom stereocenters. The molecule has 0 aromatic heterocycles. The van der Waals surface area contributed by atoms with E-state index in [1.54, 1.807) is 30.3 Å². The molecule has 0 heterocycles. The van der Waals surface area contributed by atoms with Gasteiger partial charge in [0.1, 0.15) is 18.6 Å². The Morgan fingerprint density at radius 2 is 1.86 bits per heavy atom. The number of rotatable bonds is 5. The van der Waals surface area contributed by atoms with E-state index in [1.807, 2.05) is 0 Å². The molecule has 0 N–H and O–H groups in total. The van der Waals surface area contributed by atoms with E-state index < -0.39 is 6.36 Å². The molecule has 7 heteroatoms. The minimum atomic E-state index is -4.72. The van der Waals surface area contributed by atoms with Crippen LogP contribution in [-0.2, 0) is 11.4 Å². The van der Waals surface area contributed by atoms with Gasteiger partial charge in [-0.3, -0.25) is 0 Å². The zero-order chi connectivity index (χ0) is 16.0. The van der Waals surface area contributed by atoms with Gasteiger partial charge in [0.05, 0.1) is 0 Å². The normalized spacial score (nSPS) is 11.6. The zero-order valence-electron chi connectivity index (χ0n) is 11.1. The van der Waals surface area contributed by atoms with Gasteiger partial charge in [-0.15, -0.1) is 13.2 Å². The summed E-state index contributed by atoms with van der Waals surface area (Å²) < 4.78 is 40.1. The first-order chi connectivity index (χ1) is 10.4. The first kappa shape index (κ1) is 16.2. The van der Waals surface area contributed by atoms with Crippen molar-refractivity contribution < 1.29 is 22.7 Å². The first-order valence-electron chi connectivity index (χ1n) is 6.11. The fourth-order valence-corrected chi connectivity index (χ4v) is 1.77. The number of alkyl halides is 3. The van der Waals surface area contributed by atoms with Crippen molar-refractivity contribution in [3.8, 4) is 5.75 Å². The third-order valence-corrected chi connectivity index (χ3v) is 2.66. The number of hydrogen-bond donors (Lipinski definition) is 0. The third-order valence-electron chi connectivity index (χ3n) is 2.43. The summed E-state index contributed by atoms with van der Waals surface area (Å²) >= 11 is 5.80. The molecule has 2 aromatic rings. The van der Waals surface area contributed by atoms with Gasteiger partial charge in [0.15, 0.2) is 0 Å². The topological polar surface area (TPSA) is 30.8 Å². The Morgan fingerprint density at radius 3 is 2.59 bits per heavy atom. The molecule has 0 unspecified atom stereocenters. The Kier molecular flexibility index (Phi) is 5.27. The maximum atomic E-state index is 12.1. The van der Waals surface area contributed by atoms with Crippen LogP contribution in [-0.4, -0.2) is 12.6 Å².